The Balaban J connectivity index is 2.93. The molecule has 1 aliphatic rings. The quantitative estimate of drug-likeness (QED) is 0.517. The summed E-state index contributed by atoms with van der Waals surface area (Å²) in [5, 5.41) is 8.76. The fourth-order valence-corrected chi connectivity index (χ4v) is 1.44. The van der Waals surface area contributed by atoms with E-state index >= 15 is 0 Å². The van der Waals surface area contributed by atoms with Gasteiger partial charge in [0.15, 0.2) is 0 Å². The van der Waals surface area contributed by atoms with Crippen LogP contribution in [0.2, 0.25) is 0 Å². The van der Waals surface area contributed by atoms with Gasteiger partial charge < -0.3 is 0 Å². The minimum absolute atomic E-state index is 0.0151. The van der Waals surface area contributed by atoms with E-state index in [2.05, 4.69) is 11.1 Å². The van der Waals surface area contributed by atoms with Crippen molar-refractivity contribution in [3.05, 3.63) is 11.6 Å². The molecule has 0 spiro atoms. The molecule has 0 fully saturated rings. The molecular weight excluding hydrogens is 136 g/mol. The summed E-state index contributed by atoms with van der Waals surface area (Å²) in [5.41, 5.74) is 2.16. The third kappa shape index (κ3) is 1.48. The molecule has 2 atom stereocenters. The first-order chi connectivity index (χ1) is 5.15. The van der Waals surface area contributed by atoms with E-state index < -0.39 is 0 Å². The summed E-state index contributed by atoms with van der Waals surface area (Å²) in [6, 6.07) is 2.38. The lowest BCUT2D eigenvalue weighted by Gasteiger charge is -2.19. The molecule has 0 amide bonds. The van der Waals surface area contributed by atoms with Gasteiger partial charge in [0.2, 0.25) is 0 Å². The highest BCUT2D eigenvalue weighted by molar-refractivity contribution is 5.94. The smallest absolute Gasteiger partial charge is 0.0894 e. The predicted octanol–water partition coefficient (Wildman–Crippen LogP) is 1.94. The van der Waals surface area contributed by atoms with E-state index in [1.807, 2.05) is 26.8 Å². The van der Waals surface area contributed by atoms with Crippen molar-refractivity contribution in [1.82, 2.24) is 0 Å². The van der Waals surface area contributed by atoms with Crippen LogP contribution < -0.4 is 0 Å². The molecule has 2 nitrogen and oxygen atoms in total. The van der Waals surface area contributed by atoms with Crippen molar-refractivity contribution in [3.8, 4) is 6.07 Å². The lowest BCUT2D eigenvalue weighted by atomic mass is 9.92. The zero-order valence-corrected chi connectivity index (χ0v) is 7.13. The summed E-state index contributed by atoms with van der Waals surface area (Å²) in [6.45, 7) is 5.93. The zero-order chi connectivity index (χ0) is 8.43. The molecule has 1 heterocycles. The average molecular weight is 148 g/mol. The molecule has 0 aliphatic carbocycles. The number of dihydropyridines is 1. The molecule has 0 N–H and O–H groups in total. The summed E-state index contributed by atoms with van der Waals surface area (Å²) in [4.78, 5) is 4.30. The van der Waals surface area contributed by atoms with Crippen LogP contribution in [0.4, 0.5) is 0 Å². The van der Waals surface area contributed by atoms with E-state index in [4.69, 9.17) is 5.26 Å². The van der Waals surface area contributed by atoms with Gasteiger partial charge in [0, 0.05) is 5.71 Å². The molecular formula is C9H12N2. The molecule has 1 rings (SSSR count). The van der Waals surface area contributed by atoms with E-state index in [-0.39, 0.29) is 12.0 Å². The van der Waals surface area contributed by atoms with Gasteiger partial charge in [-0.05, 0) is 26.8 Å². The molecule has 0 aromatic rings. The Morgan fingerprint density at radius 2 is 2.18 bits per heavy atom. The van der Waals surface area contributed by atoms with E-state index in [9.17, 15) is 0 Å². The third-order valence-electron chi connectivity index (χ3n) is 1.96. The van der Waals surface area contributed by atoms with Crippen LogP contribution in [-0.4, -0.2) is 11.8 Å². The first-order valence-corrected chi connectivity index (χ1v) is 3.77. The summed E-state index contributed by atoms with van der Waals surface area (Å²) >= 11 is 0. The Kier molecular flexibility index (Phi) is 2.09. The van der Waals surface area contributed by atoms with Gasteiger partial charge in [-0.15, -0.1) is 0 Å². The minimum atomic E-state index is -0.0151. The number of allylic oxidation sites excluding steroid dienone is 1. The van der Waals surface area contributed by atoms with Crippen molar-refractivity contribution in [2.24, 2.45) is 10.9 Å². The topological polar surface area (TPSA) is 36.1 Å². The maximum absolute atomic E-state index is 8.76. The Labute approximate surface area is 67.3 Å². The van der Waals surface area contributed by atoms with Gasteiger partial charge in [-0.1, -0.05) is 5.57 Å². The highest BCUT2D eigenvalue weighted by atomic mass is 14.8. The third-order valence-corrected chi connectivity index (χ3v) is 1.96. The van der Waals surface area contributed by atoms with Crippen LogP contribution in [0.1, 0.15) is 20.8 Å². The Morgan fingerprint density at radius 1 is 1.55 bits per heavy atom. The van der Waals surface area contributed by atoms with Crippen LogP contribution in [-0.2, 0) is 0 Å². The first kappa shape index (κ1) is 8.00. The SMILES string of the molecule is CC1=CC(C)=NC(C)C1C#N. The Bertz CT molecular complexity index is 255. The summed E-state index contributed by atoms with van der Waals surface area (Å²) < 4.78 is 0. The molecule has 0 saturated carbocycles. The van der Waals surface area contributed by atoms with Crippen molar-refractivity contribution >= 4 is 5.71 Å². The van der Waals surface area contributed by atoms with Gasteiger partial charge in [0.05, 0.1) is 18.0 Å². The fourth-order valence-electron chi connectivity index (χ4n) is 1.44. The lowest BCUT2D eigenvalue weighted by Crippen LogP contribution is -2.20. The Hall–Kier alpha value is -1.10. The van der Waals surface area contributed by atoms with Crippen molar-refractivity contribution in [2.45, 2.75) is 26.8 Å². The first-order valence-electron chi connectivity index (χ1n) is 3.77. The number of aliphatic imine (C=N–C) groups is 1. The van der Waals surface area contributed by atoms with Crippen LogP contribution >= 0.6 is 0 Å². The Morgan fingerprint density at radius 3 is 2.64 bits per heavy atom. The van der Waals surface area contributed by atoms with Crippen LogP contribution in [0, 0.1) is 17.2 Å². The second kappa shape index (κ2) is 2.87. The van der Waals surface area contributed by atoms with Crippen molar-refractivity contribution < 1.29 is 0 Å². The molecule has 0 aromatic carbocycles. The van der Waals surface area contributed by atoms with Crippen molar-refractivity contribution in [1.29, 1.82) is 5.26 Å². The van der Waals surface area contributed by atoms with Gasteiger partial charge >= 0.3 is 0 Å². The molecule has 0 radical (unpaired) electrons. The fraction of sp³-hybridized carbons (Fsp3) is 0.556. The van der Waals surface area contributed by atoms with Gasteiger partial charge in [-0.3, -0.25) is 4.99 Å². The largest absolute Gasteiger partial charge is 0.285 e. The predicted molar refractivity (Wildman–Crippen MR) is 45.4 cm³/mol. The number of hydrogen-bond donors (Lipinski definition) is 0. The highest BCUT2D eigenvalue weighted by Crippen LogP contribution is 2.20. The van der Waals surface area contributed by atoms with Gasteiger partial charge in [0.1, 0.15) is 0 Å². The number of hydrogen-bond acceptors (Lipinski definition) is 2. The number of rotatable bonds is 0. The molecule has 2 unspecified atom stereocenters. The van der Waals surface area contributed by atoms with Gasteiger partial charge in [-0.2, -0.15) is 5.26 Å². The van der Waals surface area contributed by atoms with Gasteiger partial charge in [0.25, 0.3) is 0 Å². The molecule has 11 heavy (non-hydrogen) atoms. The second-order valence-electron chi connectivity index (χ2n) is 3.01. The maximum Gasteiger partial charge on any atom is 0.0894 e. The maximum atomic E-state index is 8.76. The summed E-state index contributed by atoms with van der Waals surface area (Å²) in [7, 11) is 0. The van der Waals surface area contributed by atoms with Crippen LogP contribution in [0.3, 0.4) is 0 Å². The average Bonchev–Trinajstić information content (AvgIpc) is 1.85. The molecule has 0 aromatic heterocycles. The molecule has 2 heteroatoms. The molecule has 0 saturated heterocycles. The van der Waals surface area contributed by atoms with Crippen molar-refractivity contribution in [2.75, 3.05) is 0 Å². The monoisotopic (exact) mass is 148 g/mol. The summed E-state index contributed by atoms with van der Waals surface area (Å²) in [5.74, 6) is -0.0151. The highest BCUT2D eigenvalue weighted by Gasteiger charge is 2.20. The molecule has 0 bridgehead atoms. The second-order valence-corrected chi connectivity index (χ2v) is 3.01. The van der Waals surface area contributed by atoms with Crippen LogP contribution in [0.25, 0.3) is 0 Å². The van der Waals surface area contributed by atoms with Crippen molar-refractivity contribution in [3.63, 3.8) is 0 Å². The number of nitriles is 1. The number of nitrogens with zero attached hydrogens (tertiary/aromatic N) is 2. The van der Waals surface area contributed by atoms with Gasteiger partial charge in [-0.25, -0.2) is 0 Å². The molecule has 58 valence electrons. The molecule has 1 aliphatic heterocycles. The standard InChI is InChI=1S/C9H12N2/c1-6-4-7(2)11-8(3)9(6)5-10/h4,8-9H,1-3H3. The lowest BCUT2D eigenvalue weighted by molar-refractivity contribution is 0.611. The van der Waals surface area contributed by atoms with Crippen LogP contribution in [0.5, 0.6) is 0 Å². The minimum Gasteiger partial charge on any atom is -0.285 e. The normalized spacial score (nSPS) is 30.4. The van der Waals surface area contributed by atoms with E-state index in [0.29, 0.717) is 0 Å². The van der Waals surface area contributed by atoms with Crippen LogP contribution in [0.15, 0.2) is 16.6 Å². The van der Waals surface area contributed by atoms with E-state index in [1.54, 1.807) is 0 Å². The summed E-state index contributed by atoms with van der Waals surface area (Å²) in [6.07, 6.45) is 1.98. The van der Waals surface area contributed by atoms with E-state index in [0.717, 1.165) is 11.3 Å². The van der Waals surface area contributed by atoms with E-state index in [1.165, 1.54) is 0 Å². The zero-order valence-electron chi connectivity index (χ0n) is 7.13.